The third kappa shape index (κ3) is 3.78. The number of amides is 1. The van der Waals surface area contributed by atoms with Gasteiger partial charge in [-0.05, 0) is 35.9 Å². The molecule has 7 nitrogen and oxygen atoms in total. The Morgan fingerprint density at radius 2 is 1.82 bits per heavy atom. The molecule has 5 rings (SSSR count). The van der Waals surface area contributed by atoms with Gasteiger partial charge in [-0.3, -0.25) is 9.59 Å². The predicted octanol–water partition coefficient (Wildman–Crippen LogP) is 4.01. The fourth-order valence-corrected chi connectivity index (χ4v) is 3.66. The zero-order valence-electron chi connectivity index (χ0n) is 17.1. The fraction of sp³-hybridized carbons (Fsp3) is 0.0400. The van der Waals surface area contributed by atoms with Crippen molar-refractivity contribution in [3.63, 3.8) is 0 Å². The molecule has 4 aromatic rings. The molecule has 1 aliphatic rings. The zero-order chi connectivity index (χ0) is 22.9. The van der Waals surface area contributed by atoms with E-state index in [9.17, 15) is 19.1 Å². The number of hydrogen-bond acceptors (Lipinski definition) is 6. The Kier molecular flexibility index (Phi) is 5.02. The van der Waals surface area contributed by atoms with Crippen LogP contribution in [0, 0.1) is 5.82 Å². The van der Waals surface area contributed by atoms with E-state index in [4.69, 9.17) is 4.42 Å². The fourth-order valence-electron chi connectivity index (χ4n) is 3.66. The number of halogens is 1. The lowest BCUT2D eigenvalue weighted by molar-refractivity contribution is -0.112. The Labute approximate surface area is 186 Å². The molecule has 0 saturated carbocycles. The number of rotatable bonds is 4. The summed E-state index contributed by atoms with van der Waals surface area (Å²) in [4.78, 5) is 27.3. The van der Waals surface area contributed by atoms with Crippen LogP contribution in [-0.2, 0) is 11.3 Å². The molecule has 0 unspecified atom stereocenters. The smallest absolute Gasteiger partial charge is 0.279 e. The first-order chi connectivity index (χ1) is 16.0. The Morgan fingerprint density at radius 3 is 2.64 bits per heavy atom. The average Bonchev–Trinajstić information content (AvgIpc) is 3.08. The highest BCUT2D eigenvalue weighted by molar-refractivity contribution is 6.54. The standard InChI is InChI=1S/C25H16FN3O4/c26-17-7-5-15(6-8-17)13-29-21-4-2-1-3-19(21)23(25(29)32)28-27-12-16-14-33-22-11-18(30)9-10-20(22)24(16)31/h1-12,14,30H,13H2/b27-12+,28-23-. The summed E-state index contributed by atoms with van der Waals surface area (Å²) in [6.07, 6.45) is 2.45. The summed E-state index contributed by atoms with van der Waals surface area (Å²) in [5.41, 5.74) is 2.26. The number of nitrogens with zero attached hydrogens (tertiary/aromatic N) is 3. The first kappa shape index (κ1) is 20.3. The van der Waals surface area contributed by atoms with Gasteiger partial charge in [0, 0.05) is 11.6 Å². The molecule has 1 aromatic heterocycles. The van der Waals surface area contributed by atoms with Crippen LogP contribution < -0.4 is 10.3 Å². The van der Waals surface area contributed by atoms with Gasteiger partial charge in [-0.1, -0.05) is 30.3 Å². The number of phenolic OH excluding ortho intramolecular Hbond substituents is 1. The van der Waals surface area contributed by atoms with Gasteiger partial charge in [0.2, 0.25) is 5.43 Å². The first-order valence-electron chi connectivity index (χ1n) is 10.0. The Morgan fingerprint density at radius 1 is 1.03 bits per heavy atom. The third-order valence-electron chi connectivity index (χ3n) is 5.29. The van der Waals surface area contributed by atoms with E-state index in [1.54, 1.807) is 35.2 Å². The Hall–Kier alpha value is -4.59. The maximum absolute atomic E-state index is 13.2. The topological polar surface area (TPSA) is 95.5 Å². The molecule has 8 heteroatoms. The maximum atomic E-state index is 13.2. The molecule has 33 heavy (non-hydrogen) atoms. The van der Waals surface area contributed by atoms with Crippen molar-refractivity contribution in [2.45, 2.75) is 6.54 Å². The number of benzene rings is 3. The van der Waals surface area contributed by atoms with Crippen molar-refractivity contribution in [3.05, 3.63) is 106 Å². The predicted molar refractivity (Wildman–Crippen MR) is 122 cm³/mol. The number of carbonyl (C=O) groups excluding carboxylic acids is 1. The maximum Gasteiger partial charge on any atom is 0.279 e. The average molecular weight is 441 g/mol. The quantitative estimate of drug-likeness (QED) is 0.382. The summed E-state index contributed by atoms with van der Waals surface area (Å²) in [5.74, 6) is -0.709. The van der Waals surface area contributed by atoms with Crippen molar-refractivity contribution >= 4 is 34.5 Å². The van der Waals surface area contributed by atoms with Gasteiger partial charge >= 0.3 is 0 Å². The summed E-state index contributed by atoms with van der Waals surface area (Å²) < 4.78 is 18.6. The highest BCUT2D eigenvalue weighted by Gasteiger charge is 2.33. The van der Waals surface area contributed by atoms with Crippen LogP contribution in [0.1, 0.15) is 16.7 Å². The first-order valence-corrected chi connectivity index (χ1v) is 10.0. The molecule has 3 aromatic carbocycles. The second-order valence-corrected chi connectivity index (χ2v) is 7.43. The molecular weight excluding hydrogens is 425 g/mol. The summed E-state index contributed by atoms with van der Waals surface area (Å²) in [5, 5.41) is 17.9. The van der Waals surface area contributed by atoms with E-state index in [0.717, 1.165) is 5.56 Å². The van der Waals surface area contributed by atoms with Crippen LogP contribution in [0.4, 0.5) is 10.1 Å². The molecule has 0 saturated heterocycles. The molecule has 0 aliphatic carbocycles. The molecule has 1 N–H and O–H groups in total. The van der Waals surface area contributed by atoms with Gasteiger partial charge in [0.15, 0.2) is 5.71 Å². The van der Waals surface area contributed by atoms with Crippen molar-refractivity contribution in [2.24, 2.45) is 10.2 Å². The van der Waals surface area contributed by atoms with Crippen LogP contribution in [0.3, 0.4) is 0 Å². The van der Waals surface area contributed by atoms with E-state index in [1.807, 2.05) is 6.07 Å². The van der Waals surface area contributed by atoms with E-state index in [0.29, 0.717) is 11.3 Å². The van der Waals surface area contributed by atoms with Crippen molar-refractivity contribution in [1.29, 1.82) is 0 Å². The molecule has 1 amide bonds. The number of phenols is 1. The monoisotopic (exact) mass is 441 g/mol. The van der Waals surface area contributed by atoms with Gasteiger partial charge in [-0.25, -0.2) is 4.39 Å². The van der Waals surface area contributed by atoms with Crippen molar-refractivity contribution in [3.8, 4) is 5.75 Å². The lowest BCUT2D eigenvalue weighted by atomic mass is 10.1. The summed E-state index contributed by atoms with van der Waals surface area (Å²) in [6, 6.07) is 17.3. The lowest BCUT2D eigenvalue weighted by Gasteiger charge is -2.16. The number of anilines is 1. The molecular formula is C25H16FN3O4. The van der Waals surface area contributed by atoms with Crippen LogP contribution in [-0.4, -0.2) is 22.9 Å². The van der Waals surface area contributed by atoms with Crippen LogP contribution in [0.15, 0.2) is 92.4 Å². The summed E-state index contributed by atoms with van der Waals surface area (Å²) >= 11 is 0. The van der Waals surface area contributed by atoms with Crippen LogP contribution >= 0.6 is 0 Å². The minimum atomic E-state index is -0.349. The number of carbonyl (C=O) groups is 1. The zero-order valence-corrected chi connectivity index (χ0v) is 17.1. The minimum absolute atomic E-state index is 0.0120. The lowest BCUT2D eigenvalue weighted by Crippen LogP contribution is -2.29. The highest BCUT2D eigenvalue weighted by atomic mass is 19.1. The van der Waals surface area contributed by atoms with Crippen LogP contribution in [0.5, 0.6) is 5.75 Å². The second-order valence-electron chi connectivity index (χ2n) is 7.43. The van der Waals surface area contributed by atoms with Crippen molar-refractivity contribution in [2.75, 3.05) is 4.90 Å². The molecule has 162 valence electrons. The molecule has 0 spiro atoms. The van der Waals surface area contributed by atoms with Crippen LogP contribution in [0.25, 0.3) is 11.0 Å². The number of hydrogen-bond donors (Lipinski definition) is 1. The summed E-state index contributed by atoms with van der Waals surface area (Å²) in [6.45, 7) is 0.250. The minimum Gasteiger partial charge on any atom is -0.508 e. The van der Waals surface area contributed by atoms with Crippen molar-refractivity contribution < 1.29 is 18.7 Å². The SMILES string of the molecule is O=C1/C(=N\N=C\c2coc3cc(O)ccc3c2=O)c2ccccc2N1Cc1ccc(F)cc1. The van der Waals surface area contributed by atoms with Crippen LogP contribution in [0.2, 0.25) is 0 Å². The van der Waals surface area contributed by atoms with Gasteiger partial charge in [0.1, 0.15) is 23.4 Å². The van der Waals surface area contributed by atoms with E-state index in [2.05, 4.69) is 10.2 Å². The highest BCUT2D eigenvalue weighted by Crippen LogP contribution is 2.30. The van der Waals surface area contributed by atoms with Gasteiger partial charge in [-0.15, -0.1) is 5.10 Å². The molecule has 0 fully saturated rings. The Bertz CT molecular complexity index is 1510. The van der Waals surface area contributed by atoms with E-state index < -0.39 is 0 Å². The van der Waals surface area contributed by atoms with Gasteiger partial charge in [0.25, 0.3) is 5.91 Å². The summed E-state index contributed by atoms with van der Waals surface area (Å²) in [7, 11) is 0. The van der Waals surface area contributed by atoms with E-state index >= 15 is 0 Å². The molecule has 2 heterocycles. The molecule has 0 bridgehead atoms. The Balaban J connectivity index is 1.46. The molecule has 1 aliphatic heterocycles. The molecule has 0 radical (unpaired) electrons. The van der Waals surface area contributed by atoms with Crippen molar-refractivity contribution in [1.82, 2.24) is 0 Å². The molecule has 0 atom stereocenters. The number of aromatic hydroxyl groups is 1. The number of para-hydroxylation sites is 1. The van der Waals surface area contributed by atoms with Gasteiger partial charge in [0.05, 0.1) is 29.4 Å². The third-order valence-corrected chi connectivity index (χ3v) is 5.29. The van der Waals surface area contributed by atoms with E-state index in [1.165, 1.54) is 42.8 Å². The largest absolute Gasteiger partial charge is 0.508 e. The van der Waals surface area contributed by atoms with Gasteiger partial charge in [-0.2, -0.15) is 5.10 Å². The van der Waals surface area contributed by atoms with E-state index in [-0.39, 0.29) is 51.7 Å². The number of fused-ring (bicyclic) bond motifs is 2. The normalized spacial score (nSPS) is 14.5. The van der Waals surface area contributed by atoms with Gasteiger partial charge < -0.3 is 14.4 Å². The second kappa shape index (κ2) is 8.16.